The van der Waals surface area contributed by atoms with E-state index in [2.05, 4.69) is 25.9 Å². The minimum atomic E-state index is -1.26. The van der Waals surface area contributed by atoms with Gasteiger partial charge in [-0.3, -0.25) is 19.2 Å². The summed E-state index contributed by atoms with van der Waals surface area (Å²) in [6.45, 7) is 0. The topological polar surface area (TPSA) is 222 Å². The lowest BCUT2D eigenvalue weighted by atomic mass is 10.0. The largest absolute Gasteiger partial charge is 0.480 e. The van der Waals surface area contributed by atoms with Crippen LogP contribution in [0.4, 0.5) is 0 Å². The van der Waals surface area contributed by atoms with Crippen LogP contribution in [0.2, 0.25) is 0 Å². The number of H-pyrrole nitrogens is 1. The Labute approximate surface area is 223 Å². The summed E-state index contributed by atoms with van der Waals surface area (Å²) in [6, 6.07) is 4.14. The Morgan fingerprint density at radius 2 is 1.61 bits per heavy atom. The van der Waals surface area contributed by atoms with Crippen molar-refractivity contribution in [2.45, 2.75) is 49.9 Å². The second-order valence-corrected chi connectivity index (χ2v) is 9.54. The molecule has 1 aromatic heterocycles. The van der Waals surface area contributed by atoms with Gasteiger partial charge in [-0.15, -0.1) is 0 Å². The van der Waals surface area contributed by atoms with Crippen LogP contribution in [0.15, 0.2) is 42.9 Å². The van der Waals surface area contributed by atoms with Gasteiger partial charge < -0.3 is 37.5 Å². The van der Waals surface area contributed by atoms with Crippen molar-refractivity contribution >= 4 is 41.4 Å². The third-order valence-corrected chi connectivity index (χ3v) is 6.15. The van der Waals surface area contributed by atoms with Crippen LogP contribution in [0.5, 0.6) is 0 Å². The molecule has 4 atom stereocenters. The number of aromatic nitrogens is 2. The molecule has 206 valence electrons. The summed E-state index contributed by atoms with van der Waals surface area (Å²) in [6.07, 6.45) is 4.53. The van der Waals surface area contributed by atoms with E-state index in [0.29, 0.717) is 11.4 Å². The van der Waals surface area contributed by atoms with Gasteiger partial charge in [-0.05, 0) is 24.0 Å². The molecule has 0 aliphatic rings. The molecule has 0 saturated carbocycles. The molecule has 9 N–H and O–H groups in total. The molecule has 14 heteroatoms. The predicted molar refractivity (Wildman–Crippen MR) is 141 cm³/mol. The number of amides is 4. The monoisotopic (exact) mass is 547 g/mol. The lowest BCUT2D eigenvalue weighted by Gasteiger charge is -2.25. The molecule has 0 aliphatic carbocycles. The summed E-state index contributed by atoms with van der Waals surface area (Å²) in [5.41, 5.74) is 12.1. The van der Waals surface area contributed by atoms with Crippen molar-refractivity contribution in [1.29, 1.82) is 0 Å². The molecule has 2 rings (SSSR count). The van der Waals surface area contributed by atoms with Crippen molar-refractivity contribution in [1.82, 2.24) is 25.9 Å². The first-order valence-electron chi connectivity index (χ1n) is 11.8. The highest BCUT2D eigenvalue weighted by Gasteiger charge is 2.30. The fraction of sp³-hybridized carbons (Fsp3) is 0.417. The molecular weight excluding hydrogens is 514 g/mol. The van der Waals surface area contributed by atoms with E-state index in [1.54, 1.807) is 30.3 Å². The normalized spacial score (nSPS) is 13.9. The molecule has 0 radical (unpaired) electrons. The van der Waals surface area contributed by atoms with Gasteiger partial charge in [0, 0.05) is 24.7 Å². The summed E-state index contributed by atoms with van der Waals surface area (Å²) in [5, 5.41) is 17.2. The fourth-order valence-corrected chi connectivity index (χ4v) is 3.98. The zero-order valence-electron chi connectivity index (χ0n) is 20.9. The maximum atomic E-state index is 13.3. The van der Waals surface area contributed by atoms with E-state index in [1.165, 1.54) is 24.3 Å². The summed E-state index contributed by atoms with van der Waals surface area (Å²) in [4.78, 5) is 68.5. The molecule has 0 fully saturated rings. The average Bonchev–Trinajstić information content (AvgIpc) is 3.38. The number of carbonyl (C=O) groups excluding carboxylic acids is 4. The van der Waals surface area contributed by atoms with Crippen molar-refractivity contribution in [2.24, 2.45) is 11.5 Å². The van der Waals surface area contributed by atoms with E-state index in [4.69, 9.17) is 11.5 Å². The van der Waals surface area contributed by atoms with Crippen LogP contribution in [0.3, 0.4) is 0 Å². The first kappa shape index (κ1) is 30.3. The number of nitrogens with zero attached hydrogens (tertiary/aromatic N) is 1. The standard InChI is InChI=1S/C24H33N7O6S/c1-38-8-7-17(22(34)31-19(24(36)37)10-15-12-27-13-28-15)29-23(35)18(9-14-5-3-2-4-6-14)30-21(33)16(25)11-20(26)32/h2-6,12-13,16-19H,7-11,25H2,1H3,(H2,26,32)(H,27,28)(H,29,35)(H,30,33)(H,31,34)(H,36,37). The number of benzene rings is 1. The number of rotatable bonds is 16. The van der Waals surface area contributed by atoms with Gasteiger partial charge in [-0.2, -0.15) is 11.8 Å². The highest BCUT2D eigenvalue weighted by molar-refractivity contribution is 7.98. The van der Waals surface area contributed by atoms with E-state index in [1.807, 2.05) is 6.26 Å². The molecule has 13 nitrogen and oxygen atoms in total. The van der Waals surface area contributed by atoms with Crippen molar-refractivity contribution in [2.75, 3.05) is 12.0 Å². The summed E-state index contributed by atoms with van der Waals surface area (Å²) in [5.74, 6) is -3.63. The number of thioether (sulfide) groups is 1. The minimum absolute atomic E-state index is 0.0330. The van der Waals surface area contributed by atoms with Crippen LogP contribution in [0.25, 0.3) is 0 Å². The lowest BCUT2D eigenvalue weighted by molar-refractivity contribution is -0.142. The van der Waals surface area contributed by atoms with Gasteiger partial charge in [0.25, 0.3) is 0 Å². The first-order chi connectivity index (χ1) is 18.1. The average molecular weight is 548 g/mol. The van der Waals surface area contributed by atoms with Gasteiger partial charge in [0.05, 0.1) is 18.8 Å². The molecule has 4 unspecified atom stereocenters. The molecule has 1 heterocycles. The highest BCUT2D eigenvalue weighted by atomic mass is 32.2. The molecular formula is C24H33N7O6S. The van der Waals surface area contributed by atoms with E-state index in [-0.39, 0.29) is 19.3 Å². The molecule has 1 aromatic carbocycles. The zero-order chi connectivity index (χ0) is 28.1. The van der Waals surface area contributed by atoms with Crippen LogP contribution in [0.1, 0.15) is 24.1 Å². The molecule has 0 bridgehead atoms. The number of carboxylic acids is 1. The Bertz CT molecular complexity index is 1080. The zero-order valence-corrected chi connectivity index (χ0v) is 21.7. The van der Waals surface area contributed by atoms with Gasteiger partial charge in [-0.25, -0.2) is 9.78 Å². The van der Waals surface area contributed by atoms with E-state index >= 15 is 0 Å². The molecule has 38 heavy (non-hydrogen) atoms. The van der Waals surface area contributed by atoms with Crippen LogP contribution >= 0.6 is 11.8 Å². The van der Waals surface area contributed by atoms with Crippen molar-refractivity contribution in [3.05, 3.63) is 54.1 Å². The Balaban J connectivity index is 2.19. The molecule has 0 saturated heterocycles. The van der Waals surface area contributed by atoms with Gasteiger partial charge in [-0.1, -0.05) is 30.3 Å². The number of hydrogen-bond donors (Lipinski definition) is 7. The molecule has 0 aliphatic heterocycles. The lowest BCUT2D eigenvalue weighted by Crippen LogP contribution is -2.58. The first-order valence-corrected chi connectivity index (χ1v) is 13.2. The second-order valence-electron chi connectivity index (χ2n) is 8.55. The van der Waals surface area contributed by atoms with Crippen LogP contribution < -0.4 is 27.4 Å². The van der Waals surface area contributed by atoms with Gasteiger partial charge in [0.15, 0.2) is 0 Å². The van der Waals surface area contributed by atoms with Crippen molar-refractivity contribution in [3.63, 3.8) is 0 Å². The Kier molecular flexibility index (Phi) is 12.3. The third-order valence-electron chi connectivity index (χ3n) is 5.51. The number of primary amides is 1. The highest BCUT2D eigenvalue weighted by Crippen LogP contribution is 2.08. The Morgan fingerprint density at radius 3 is 2.18 bits per heavy atom. The SMILES string of the molecule is CSCCC(NC(=O)C(Cc1ccccc1)NC(=O)C(N)CC(N)=O)C(=O)NC(Cc1cnc[nH]1)C(=O)O. The number of imidazole rings is 1. The van der Waals surface area contributed by atoms with Crippen LogP contribution in [0, 0.1) is 0 Å². The van der Waals surface area contributed by atoms with Gasteiger partial charge in [0.1, 0.15) is 18.1 Å². The number of nitrogens with one attached hydrogen (secondary N) is 4. The maximum absolute atomic E-state index is 13.3. The second kappa shape index (κ2) is 15.4. The predicted octanol–water partition coefficient (Wildman–Crippen LogP) is -1.31. The summed E-state index contributed by atoms with van der Waals surface area (Å²) >= 11 is 1.44. The van der Waals surface area contributed by atoms with Gasteiger partial charge >= 0.3 is 5.97 Å². The maximum Gasteiger partial charge on any atom is 0.326 e. The molecule has 4 amide bonds. The smallest absolute Gasteiger partial charge is 0.326 e. The fourth-order valence-electron chi connectivity index (χ4n) is 3.51. The van der Waals surface area contributed by atoms with Crippen molar-refractivity contribution in [3.8, 4) is 0 Å². The van der Waals surface area contributed by atoms with Crippen LogP contribution in [-0.4, -0.2) is 80.8 Å². The van der Waals surface area contributed by atoms with Crippen LogP contribution in [-0.2, 0) is 36.8 Å². The number of nitrogens with two attached hydrogens (primary N) is 2. The van der Waals surface area contributed by atoms with Crippen molar-refractivity contribution < 1.29 is 29.1 Å². The summed E-state index contributed by atoms with van der Waals surface area (Å²) in [7, 11) is 0. The Hall–Kier alpha value is -3.91. The number of aromatic amines is 1. The molecule has 0 spiro atoms. The quantitative estimate of drug-likeness (QED) is 0.132. The van der Waals surface area contributed by atoms with E-state index in [0.717, 1.165) is 5.56 Å². The van der Waals surface area contributed by atoms with Gasteiger partial charge in [0.2, 0.25) is 23.6 Å². The number of carbonyl (C=O) groups is 5. The third kappa shape index (κ3) is 10.2. The minimum Gasteiger partial charge on any atom is -0.480 e. The number of aliphatic carboxylic acids is 1. The summed E-state index contributed by atoms with van der Waals surface area (Å²) < 4.78 is 0. The number of hydrogen-bond acceptors (Lipinski definition) is 8. The molecule has 2 aromatic rings. The number of carboxylic acid groups (broad SMARTS) is 1. The van der Waals surface area contributed by atoms with E-state index < -0.39 is 60.2 Å². The van der Waals surface area contributed by atoms with E-state index in [9.17, 15) is 29.1 Å². The Morgan fingerprint density at radius 1 is 0.974 bits per heavy atom.